The molecule has 7 nitrogen and oxygen atoms in total. The van der Waals surface area contributed by atoms with Gasteiger partial charge in [-0.25, -0.2) is 4.98 Å². The van der Waals surface area contributed by atoms with Gasteiger partial charge < -0.3 is 10.5 Å². The SMILES string of the molecule is Nc1cccc(N2CCn3nc(COc4ccccc4)cc3C2=O)n1. The van der Waals surface area contributed by atoms with Crippen molar-refractivity contribution in [1.82, 2.24) is 14.8 Å². The Morgan fingerprint density at radius 1 is 1.08 bits per heavy atom. The molecule has 0 bridgehead atoms. The average molecular weight is 335 g/mol. The third-order valence-corrected chi connectivity index (χ3v) is 3.99. The van der Waals surface area contributed by atoms with Gasteiger partial charge in [0.1, 0.15) is 35.4 Å². The highest BCUT2D eigenvalue weighted by Gasteiger charge is 2.28. The topological polar surface area (TPSA) is 86.3 Å². The lowest BCUT2D eigenvalue weighted by Crippen LogP contribution is -2.41. The molecule has 7 heteroatoms. The maximum absolute atomic E-state index is 12.8. The third kappa shape index (κ3) is 3.03. The summed E-state index contributed by atoms with van der Waals surface area (Å²) < 4.78 is 7.42. The molecule has 25 heavy (non-hydrogen) atoms. The standard InChI is InChI=1S/C18H17N5O2/c19-16-7-4-8-17(20-16)22-9-10-23-15(18(22)24)11-13(21-23)12-25-14-5-2-1-3-6-14/h1-8,11H,9-10,12H2,(H2,19,20). The summed E-state index contributed by atoms with van der Waals surface area (Å²) in [4.78, 5) is 18.6. The van der Waals surface area contributed by atoms with Gasteiger partial charge in [-0.2, -0.15) is 5.10 Å². The van der Waals surface area contributed by atoms with Crippen molar-refractivity contribution in [3.05, 3.63) is 66.0 Å². The van der Waals surface area contributed by atoms with Crippen LogP contribution in [0.3, 0.4) is 0 Å². The maximum atomic E-state index is 12.8. The molecular formula is C18H17N5O2. The minimum atomic E-state index is -0.136. The largest absolute Gasteiger partial charge is 0.487 e. The monoisotopic (exact) mass is 335 g/mol. The molecule has 0 radical (unpaired) electrons. The number of hydrogen-bond acceptors (Lipinski definition) is 5. The van der Waals surface area contributed by atoms with Gasteiger partial charge in [0.25, 0.3) is 5.91 Å². The smallest absolute Gasteiger partial charge is 0.277 e. The first-order chi connectivity index (χ1) is 12.2. The van der Waals surface area contributed by atoms with E-state index in [-0.39, 0.29) is 5.91 Å². The summed E-state index contributed by atoms with van der Waals surface area (Å²) in [6.07, 6.45) is 0. The molecule has 0 saturated heterocycles. The quantitative estimate of drug-likeness (QED) is 0.789. The molecule has 0 aliphatic carbocycles. The van der Waals surface area contributed by atoms with E-state index in [4.69, 9.17) is 10.5 Å². The van der Waals surface area contributed by atoms with Gasteiger partial charge in [0.15, 0.2) is 0 Å². The first-order valence-corrected chi connectivity index (χ1v) is 8.00. The van der Waals surface area contributed by atoms with E-state index >= 15 is 0 Å². The van der Waals surface area contributed by atoms with Crippen LogP contribution in [0.15, 0.2) is 54.6 Å². The van der Waals surface area contributed by atoms with Crippen LogP contribution in [-0.4, -0.2) is 27.2 Å². The predicted molar refractivity (Wildman–Crippen MR) is 93.3 cm³/mol. The molecule has 2 N–H and O–H groups in total. The van der Waals surface area contributed by atoms with Crippen LogP contribution in [0.2, 0.25) is 0 Å². The number of amides is 1. The fraction of sp³-hybridized carbons (Fsp3) is 0.167. The van der Waals surface area contributed by atoms with E-state index in [0.717, 1.165) is 11.4 Å². The van der Waals surface area contributed by atoms with Gasteiger partial charge in [-0.1, -0.05) is 24.3 Å². The lowest BCUT2D eigenvalue weighted by atomic mass is 10.2. The number of benzene rings is 1. The Morgan fingerprint density at radius 2 is 1.92 bits per heavy atom. The summed E-state index contributed by atoms with van der Waals surface area (Å²) >= 11 is 0. The minimum Gasteiger partial charge on any atom is -0.487 e. The fourth-order valence-electron chi connectivity index (χ4n) is 2.80. The highest BCUT2D eigenvalue weighted by molar-refractivity contribution is 6.05. The molecule has 0 atom stereocenters. The Morgan fingerprint density at radius 3 is 2.72 bits per heavy atom. The zero-order chi connectivity index (χ0) is 17.2. The minimum absolute atomic E-state index is 0.136. The van der Waals surface area contributed by atoms with E-state index in [2.05, 4.69) is 10.1 Å². The second-order valence-electron chi connectivity index (χ2n) is 5.72. The molecular weight excluding hydrogens is 318 g/mol. The van der Waals surface area contributed by atoms with Crippen LogP contribution in [0.5, 0.6) is 5.75 Å². The maximum Gasteiger partial charge on any atom is 0.277 e. The number of carbonyl (C=O) groups excluding carboxylic acids is 1. The molecule has 4 rings (SSSR count). The molecule has 1 amide bonds. The van der Waals surface area contributed by atoms with Crippen LogP contribution < -0.4 is 15.4 Å². The zero-order valence-electron chi connectivity index (χ0n) is 13.5. The van der Waals surface area contributed by atoms with Gasteiger partial charge in [-0.15, -0.1) is 0 Å². The number of para-hydroxylation sites is 1. The Balaban J connectivity index is 1.53. The van der Waals surface area contributed by atoms with Crippen LogP contribution in [0.4, 0.5) is 11.6 Å². The lowest BCUT2D eigenvalue weighted by Gasteiger charge is -2.26. The van der Waals surface area contributed by atoms with Crippen molar-refractivity contribution < 1.29 is 9.53 Å². The highest BCUT2D eigenvalue weighted by Crippen LogP contribution is 2.21. The number of ether oxygens (including phenoxy) is 1. The molecule has 0 unspecified atom stereocenters. The van der Waals surface area contributed by atoms with E-state index < -0.39 is 0 Å². The predicted octanol–water partition coefficient (Wildman–Crippen LogP) is 2.10. The number of nitrogen functional groups attached to an aromatic ring is 1. The summed E-state index contributed by atoms with van der Waals surface area (Å²) in [6.45, 7) is 1.42. The zero-order valence-corrected chi connectivity index (χ0v) is 13.5. The van der Waals surface area contributed by atoms with Gasteiger partial charge in [-0.3, -0.25) is 14.4 Å². The average Bonchev–Trinajstić information content (AvgIpc) is 3.05. The number of anilines is 2. The van der Waals surface area contributed by atoms with Gasteiger partial charge in [0.05, 0.1) is 6.54 Å². The number of rotatable bonds is 4. The van der Waals surface area contributed by atoms with Gasteiger partial charge in [0, 0.05) is 6.54 Å². The van der Waals surface area contributed by atoms with Crippen molar-refractivity contribution in [3.8, 4) is 5.75 Å². The fourth-order valence-corrected chi connectivity index (χ4v) is 2.80. The Labute approximate surface area is 144 Å². The van der Waals surface area contributed by atoms with Crippen molar-refractivity contribution in [2.45, 2.75) is 13.2 Å². The van der Waals surface area contributed by atoms with E-state index in [1.807, 2.05) is 30.3 Å². The molecule has 3 heterocycles. The molecule has 3 aromatic rings. The normalized spacial score (nSPS) is 13.6. The van der Waals surface area contributed by atoms with Gasteiger partial charge in [-0.05, 0) is 30.3 Å². The molecule has 2 aromatic heterocycles. The number of nitrogens with zero attached hydrogens (tertiary/aromatic N) is 4. The molecule has 0 saturated carbocycles. The summed E-state index contributed by atoms with van der Waals surface area (Å²) in [5.74, 6) is 1.58. The number of fused-ring (bicyclic) bond motifs is 1. The number of aromatic nitrogens is 3. The van der Waals surface area contributed by atoms with E-state index in [1.165, 1.54) is 0 Å². The Bertz CT molecular complexity index is 907. The van der Waals surface area contributed by atoms with Crippen LogP contribution in [0.25, 0.3) is 0 Å². The second-order valence-corrected chi connectivity index (χ2v) is 5.72. The summed E-state index contributed by atoms with van der Waals surface area (Å²) in [7, 11) is 0. The molecule has 0 spiro atoms. The van der Waals surface area contributed by atoms with E-state index in [9.17, 15) is 4.79 Å². The van der Waals surface area contributed by atoms with E-state index in [0.29, 0.717) is 37.0 Å². The molecule has 1 aliphatic rings. The molecule has 0 fully saturated rings. The van der Waals surface area contributed by atoms with Crippen LogP contribution in [-0.2, 0) is 13.2 Å². The summed E-state index contributed by atoms with van der Waals surface area (Å²) in [6, 6.07) is 16.5. The number of nitrogens with two attached hydrogens (primary N) is 1. The number of carbonyl (C=O) groups is 1. The first-order valence-electron chi connectivity index (χ1n) is 8.00. The summed E-state index contributed by atoms with van der Waals surface area (Å²) in [5.41, 5.74) is 6.97. The Kier molecular flexibility index (Phi) is 3.81. The highest BCUT2D eigenvalue weighted by atomic mass is 16.5. The van der Waals surface area contributed by atoms with Crippen LogP contribution in [0, 0.1) is 0 Å². The number of pyridine rings is 1. The summed E-state index contributed by atoms with van der Waals surface area (Å²) in [5, 5.41) is 4.46. The van der Waals surface area contributed by atoms with Crippen LogP contribution >= 0.6 is 0 Å². The van der Waals surface area contributed by atoms with Crippen molar-refractivity contribution >= 4 is 17.5 Å². The van der Waals surface area contributed by atoms with Crippen LogP contribution in [0.1, 0.15) is 16.2 Å². The molecule has 1 aromatic carbocycles. The number of hydrogen-bond donors (Lipinski definition) is 1. The van der Waals surface area contributed by atoms with Crippen molar-refractivity contribution in [3.63, 3.8) is 0 Å². The second kappa shape index (κ2) is 6.27. The molecule has 1 aliphatic heterocycles. The van der Waals surface area contributed by atoms with Crippen molar-refractivity contribution in [2.24, 2.45) is 0 Å². The van der Waals surface area contributed by atoms with E-state index in [1.54, 1.807) is 33.8 Å². The lowest BCUT2D eigenvalue weighted by molar-refractivity contribution is 0.0961. The van der Waals surface area contributed by atoms with Gasteiger partial charge >= 0.3 is 0 Å². The van der Waals surface area contributed by atoms with Gasteiger partial charge in [0.2, 0.25) is 0 Å². The molecule has 126 valence electrons. The van der Waals surface area contributed by atoms with Crippen molar-refractivity contribution in [2.75, 3.05) is 17.2 Å². The first kappa shape index (κ1) is 15.2. The Hall–Kier alpha value is -3.35. The third-order valence-electron chi connectivity index (χ3n) is 3.99. The van der Waals surface area contributed by atoms with Crippen molar-refractivity contribution in [1.29, 1.82) is 0 Å².